The van der Waals surface area contributed by atoms with E-state index in [1.807, 2.05) is 44.2 Å². The minimum atomic E-state index is -3.98. The third kappa shape index (κ3) is 8.86. The lowest BCUT2D eigenvalue weighted by Gasteiger charge is -2.34. The molecule has 0 radical (unpaired) electrons. The van der Waals surface area contributed by atoms with Gasteiger partial charge in [0.1, 0.15) is 12.6 Å². The lowest BCUT2D eigenvalue weighted by molar-refractivity contribution is -0.140. The summed E-state index contributed by atoms with van der Waals surface area (Å²) < 4.78 is 26.7. The summed E-state index contributed by atoms with van der Waals surface area (Å²) in [7, 11) is -3.98. The molecule has 3 rings (SSSR count). The van der Waals surface area contributed by atoms with Crippen LogP contribution in [0.5, 0.6) is 0 Å². The van der Waals surface area contributed by atoms with Gasteiger partial charge in [0.15, 0.2) is 0 Å². The Hall–Kier alpha value is -2.78. The number of nitrogens with one attached hydrogen (secondary N) is 1. The molecule has 1 atom stereocenters. The van der Waals surface area contributed by atoms with Crippen molar-refractivity contribution in [3.8, 4) is 0 Å². The van der Waals surface area contributed by atoms with E-state index in [0.29, 0.717) is 17.1 Å². The van der Waals surface area contributed by atoms with Gasteiger partial charge in [0, 0.05) is 29.6 Å². The fourth-order valence-corrected chi connectivity index (χ4v) is 5.54. The van der Waals surface area contributed by atoms with Crippen LogP contribution < -0.4 is 9.62 Å². The Bertz CT molecular complexity index is 1440. The quantitative estimate of drug-likeness (QED) is 0.275. The molecule has 1 N–H and O–H groups in total. The standard InChI is InChI=1S/C29H32Cl3N3O4S/c1-20(2)17-33-29(37)27(15-21-9-5-4-6-10-21)34(18-22-11-7-8-12-24(22)31)28(36)19-35(40(3,38)39)26-16-23(30)13-14-25(26)32/h4-14,16,20,27H,15,17-19H2,1-3H3,(H,33,37). The number of hydrogen-bond acceptors (Lipinski definition) is 4. The first-order valence-corrected chi connectivity index (χ1v) is 15.6. The Morgan fingerprint density at radius 3 is 2.17 bits per heavy atom. The van der Waals surface area contributed by atoms with Crippen LogP contribution in [0.25, 0.3) is 0 Å². The van der Waals surface area contributed by atoms with Crippen LogP contribution in [0, 0.1) is 5.92 Å². The first-order chi connectivity index (χ1) is 18.9. The summed E-state index contributed by atoms with van der Waals surface area (Å²) in [6, 6.07) is 19.7. The van der Waals surface area contributed by atoms with E-state index in [2.05, 4.69) is 5.32 Å². The highest BCUT2D eigenvalue weighted by Gasteiger charge is 2.33. The number of sulfonamides is 1. The molecule has 40 heavy (non-hydrogen) atoms. The molecule has 1 unspecified atom stereocenters. The number of carbonyl (C=O) groups is 2. The van der Waals surface area contributed by atoms with Crippen molar-refractivity contribution in [2.45, 2.75) is 32.9 Å². The van der Waals surface area contributed by atoms with Crippen LogP contribution in [0.3, 0.4) is 0 Å². The van der Waals surface area contributed by atoms with Crippen LogP contribution in [0.15, 0.2) is 72.8 Å². The molecule has 0 saturated heterocycles. The number of hydrogen-bond donors (Lipinski definition) is 1. The molecule has 7 nitrogen and oxygen atoms in total. The maximum Gasteiger partial charge on any atom is 0.244 e. The highest BCUT2D eigenvalue weighted by Crippen LogP contribution is 2.31. The third-order valence-electron chi connectivity index (χ3n) is 6.11. The minimum absolute atomic E-state index is 0.0218. The summed E-state index contributed by atoms with van der Waals surface area (Å²) >= 11 is 18.9. The van der Waals surface area contributed by atoms with Gasteiger partial charge < -0.3 is 10.2 Å². The largest absolute Gasteiger partial charge is 0.354 e. The summed E-state index contributed by atoms with van der Waals surface area (Å²) in [6.45, 7) is 3.72. The smallest absolute Gasteiger partial charge is 0.244 e. The van der Waals surface area contributed by atoms with Crippen molar-refractivity contribution >= 4 is 62.3 Å². The monoisotopic (exact) mass is 623 g/mol. The molecule has 3 aromatic rings. The summed E-state index contributed by atoms with van der Waals surface area (Å²) in [4.78, 5) is 29.1. The zero-order valence-corrected chi connectivity index (χ0v) is 25.6. The Labute approximate surface area is 251 Å². The molecular formula is C29H32Cl3N3O4S. The SMILES string of the molecule is CC(C)CNC(=O)C(Cc1ccccc1)N(Cc1ccccc1Cl)C(=O)CN(c1cc(Cl)ccc1Cl)S(C)(=O)=O. The zero-order chi connectivity index (χ0) is 29.4. The Balaban J connectivity index is 2.08. The second kappa shape index (κ2) is 14.2. The molecule has 0 heterocycles. The van der Waals surface area contributed by atoms with Crippen LogP contribution >= 0.6 is 34.8 Å². The second-order valence-corrected chi connectivity index (χ2v) is 13.0. The number of carbonyl (C=O) groups excluding carboxylic acids is 2. The summed E-state index contributed by atoms with van der Waals surface area (Å²) in [5, 5.41) is 3.71. The Morgan fingerprint density at radius 1 is 0.900 bits per heavy atom. The molecule has 2 amide bonds. The van der Waals surface area contributed by atoms with Gasteiger partial charge in [0.05, 0.1) is 17.0 Å². The molecule has 0 aliphatic carbocycles. The molecule has 214 valence electrons. The van der Waals surface area contributed by atoms with Gasteiger partial charge in [-0.1, -0.05) is 97.2 Å². The predicted molar refractivity (Wildman–Crippen MR) is 162 cm³/mol. The molecule has 0 aliphatic heterocycles. The first-order valence-electron chi connectivity index (χ1n) is 12.6. The molecular weight excluding hydrogens is 593 g/mol. The van der Waals surface area contributed by atoms with Crippen molar-refractivity contribution < 1.29 is 18.0 Å². The molecule has 11 heteroatoms. The number of anilines is 1. The van der Waals surface area contributed by atoms with Gasteiger partial charge in [-0.2, -0.15) is 0 Å². The predicted octanol–water partition coefficient (Wildman–Crippen LogP) is 5.83. The van der Waals surface area contributed by atoms with Gasteiger partial charge in [-0.25, -0.2) is 8.42 Å². The van der Waals surface area contributed by atoms with Crippen molar-refractivity contribution in [1.82, 2.24) is 10.2 Å². The van der Waals surface area contributed by atoms with E-state index in [1.165, 1.54) is 23.1 Å². The third-order valence-corrected chi connectivity index (χ3v) is 8.16. The van der Waals surface area contributed by atoms with E-state index in [4.69, 9.17) is 34.8 Å². The van der Waals surface area contributed by atoms with E-state index in [1.54, 1.807) is 24.3 Å². The molecule has 0 aromatic heterocycles. The zero-order valence-electron chi connectivity index (χ0n) is 22.5. The van der Waals surface area contributed by atoms with Crippen molar-refractivity contribution in [2.75, 3.05) is 23.7 Å². The fraction of sp³-hybridized carbons (Fsp3) is 0.310. The average Bonchev–Trinajstić information content (AvgIpc) is 2.90. The maximum atomic E-state index is 14.1. The molecule has 0 spiro atoms. The van der Waals surface area contributed by atoms with Crippen LogP contribution in [-0.4, -0.2) is 50.5 Å². The number of benzene rings is 3. The molecule has 0 aliphatic rings. The second-order valence-electron chi connectivity index (χ2n) is 9.82. The molecule has 3 aromatic carbocycles. The van der Waals surface area contributed by atoms with Gasteiger partial charge in [-0.15, -0.1) is 0 Å². The minimum Gasteiger partial charge on any atom is -0.354 e. The summed E-state index contributed by atoms with van der Waals surface area (Å²) in [6.07, 6.45) is 1.18. The van der Waals surface area contributed by atoms with E-state index < -0.39 is 28.5 Å². The van der Waals surface area contributed by atoms with Gasteiger partial charge in [-0.05, 0) is 41.3 Å². The van der Waals surface area contributed by atoms with Crippen LogP contribution in [0.2, 0.25) is 15.1 Å². The maximum absolute atomic E-state index is 14.1. The lowest BCUT2D eigenvalue weighted by Crippen LogP contribution is -2.53. The molecule has 0 saturated carbocycles. The van der Waals surface area contributed by atoms with Crippen molar-refractivity contribution in [3.63, 3.8) is 0 Å². The number of nitrogens with zero attached hydrogens (tertiary/aromatic N) is 2. The van der Waals surface area contributed by atoms with Gasteiger partial charge >= 0.3 is 0 Å². The van der Waals surface area contributed by atoms with Crippen molar-refractivity contribution in [1.29, 1.82) is 0 Å². The van der Waals surface area contributed by atoms with Gasteiger partial charge in [0.2, 0.25) is 21.8 Å². The molecule has 0 fully saturated rings. The number of rotatable bonds is 12. The van der Waals surface area contributed by atoms with Crippen LogP contribution in [0.4, 0.5) is 5.69 Å². The number of halogens is 3. The molecule has 0 bridgehead atoms. The Kier molecular flexibility index (Phi) is 11.3. The van der Waals surface area contributed by atoms with Crippen LogP contribution in [-0.2, 0) is 32.6 Å². The highest BCUT2D eigenvalue weighted by atomic mass is 35.5. The topological polar surface area (TPSA) is 86.8 Å². The van der Waals surface area contributed by atoms with Crippen molar-refractivity contribution in [2.24, 2.45) is 5.92 Å². The highest BCUT2D eigenvalue weighted by molar-refractivity contribution is 7.92. The van der Waals surface area contributed by atoms with Crippen LogP contribution in [0.1, 0.15) is 25.0 Å². The summed E-state index contributed by atoms with van der Waals surface area (Å²) in [5.74, 6) is -0.786. The Morgan fingerprint density at radius 2 is 1.55 bits per heavy atom. The lowest BCUT2D eigenvalue weighted by atomic mass is 10.0. The van der Waals surface area contributed by atoms with Gasteiger partial charge in [-0.3, -0.25) is 13.9 Å². The van der Waals surface area contributed by atoms with E-state index in [9.17, 15) is 18.0 Å². The van der Waals surface area contributed by atoms with Gasteiger partial charge in [0.25, 0.3) is 0 Å². The first kappa shape index (κ1) is 31.7. The normalized spacial score (nSPS) is 12.2. The van der Waals surface area contributed by atoms with E-state index in [-0.39, 0.29) is 40.5 Å². The van der Waals surface area contributed by atoms with E-state index in [0.717, 1.165) is 16.1 Å². The van der Waals surface area contributed by atoms with E-state index >= 15 is 0 Å². The van der Waals surface area contributed by atoms with Crippen molar-refractivity contribution in [3.05, 3.63) is 99.0 Å². The summed E-state index contributed by atoms with van der Waals surface area (Å²) in [5.41, 5.74) is 1.51. The average molecular weight is 625 g/mol. The number of amides is 2. The fourth-order valence-electron chi connectivity index (χ4n) is 4.06.